The molecule has 3 unspecified atom stereocenters. The predicted octanol–water partition coefficient (Wildman–Crippen LogP) is 3.15. The van der Waals surface area contributed by atoms with Crippen LogP contribution in [-0.4, -0.2) is 29.5 Å². The third-order valence-corrected chi connectivity index (χ3v) is 4.41. The summed E-state index contributed by atoms with van der Waals surface area (Å²) in [5, 5.41) is 20.0. The van der Waals surface area contributed by atoms with Gasteiger partial charge in [-0.1, -0.05) is 60.7 Å². The number of unbranched alkanes of at least 4 members (excludes halogenated alkanes) is 1. The van der Waals surface area contributed by atoms with Crippen LogP contribution in [0.25, 0.3) is 0 Å². The maximum Gasteiger partial charge on any atom is 0.226 e. The SMILES string of the molecule is OCCCCC1COC(c2ccccc2)(C(O)c2ccccc2)O1. The van der Waals surface area contributed by atoms with Crippen LogP contribution >= 0.6 is 0 Å². The summed E-state index contributed by atoms with van der Waals surface area (Å²) >= 11 is 0. The van der Waals surface area contributed by atoms with Crippen molar-refractivity contribution in [1.82, 2.24) is 0 Å². The number of aliphatic hydroxyl groups is 2. The molecule has 0 radical (unpaired) electrons. The van der Waals surface area contributed by atoms with Crippen LogP contribution < -0.4 is 0 Å². The van der Waals surface area contributed by atoms with Gasteiger partial charge in [0.05, 0.1) is 12.7 Å². The summed E-state index contributed by atoms with van der Waals surface area (Å²) in [6.07, 6.45) is 1.42. The number of aliphatic hydroxyl groups excluding tert-OH is 2. The minimum atomic E-state index is -1.19. The molecule has 1 aliphatic heterocycles. The Morgan fingerprint density at radius 1 is 1.00 bits per heavy atom. The summed E-state index contributed by atoms with van der Waals surface area (Å²) < 4.78 is 12.3. The average Bonchev–Trinajstić information content (AvgIpc) is 3.08. The first-order valence-electron chi connectivity index (χ1n) is 8.47. The first-order chi connectivity index (χ1) is 11.8. The van der Waals surface area contributed by atoms with Crippen molar-refractivity contribution in [3.8, 4) is 0 Å². The van der Waals surface area contributed by atoms with E-state index in [0.717, 1.165) is 30.4 Å². The van der Waals surface area contributed by atoms with Gasteiger partial charge in [0.25, 0.3) is 0 Å². The highest BCUT2D eigenvalue weighted by atomic mass is 16.8. The lowest BCUT2D eigenvalue weighted by atomic mass is 9.94. The van der Waals surface area contributed by atoms with E-state index in [1.54, 1.807) is 0 Å². The highest BCUT2D eigenvalue weighted by Crippen LogP contribution is 2.45. The second-order valence-electron chi connectivity index (χ2n) is 6.12. The van der Waals surface area contributed by atoms with Crippen LogP contribution in [0.5, 0.6) is 0 Å². The lowest BCUT2D eigenvalue weighted by Crippen LogP contribution is -2.35. The molecule has 0 bridgehead atoms. The average molecular weight is 328 g/mol. The zero-order valence-electron chi connectivity index (χ0n) is 13.7. The number of benzene rings is 2. The summed E-state index contributed by atoms with van der Waals surface area (Å²) in [5.41, 5.74) is 1.57. The summed E-state index contributed by atoms with van der Waals surface area (Å²) in [6, 6.07) is 19.1. The molecule has 0 aromatic heterocycles. The first kappa shape index (κ1) is 17.1. The second-order valence-corrected chi connectivity index (χ2v) is 6.12. The lowest BCUT2D eigenvalue weighted by molar-refractivity contribution is -0.241. The number of rotatable bonds is 7. The molecule has 3 rings (SSSR count). The van der Waals surface area contributed by atoms with Gasteiger partial charge in [-0.2, -0.15) is 0 Å². The Hall–Kier alpha value is -1.72. The maximum atomic E-state index is 11.0. The van der Waals surface area contributed by atoms with E-state index >= 15 is 0 Å². The Morgan fingerprint density at radius 2 is 1.67 bits per heavy atom. The molecule has 1 saturated heterocycles. The zero-order valence-corrected chi connectivity index (χ0v) is 13.7. The summed E-state index contributed by atoms with van der Waals surface area (Å²) in [4.78, 5) is 0. The molecule has 0 saturated carbocycles. The third kappa shape index (κ3) is 3.52. The number of hydrogen-bond donors (Lipinski definition) is 2. The fourth-order valence-corrected chi connectivity index (χ4v) is 3.14. The van der Waals surface area contributed by atoms with E-state index in [1.165, 1.54) is 0 Å². The van der Waals surface area contributed by atoms with Gasteiger partial charge >= 0.3 is 0 Å². The molecule has 2 aromatic rings. The van der Waals surface area contributed by atoms with E-state index in [0.29, 0.717) is 6.61 Å². The summed E-state index contributed by atoms with van der Waals surface area (Å²) in [5.74, 6) is -1.19. The molecule has 0 spiro atoms. The van der Waals surface area contributed by atoms with Crippen molar-refractivity contribution >= 4 is 0 Å². The monoisotopic (exact) mass is 328 g/mol. The minimum Gasteiger partial charge on any atom is -0.396 e. The van der Waals surface area contributed by atoms with E-state index in [2.05, 4.69) is 0 Å². The van der Waals surface area contributed by atoms with Crippen LogP contribution in [-0.2, 0) is 15.3 Å². The van der Waals surface area contributed by atoms with Gasteiger partial charge in [0.2, 0.25) is 5.79 Å². The fraction of sp³-hybridized carbons (Fsp3) is 0.400. The van der Waals surface area contributed by atoms with Gasteiger partial charge in [0, 0.05) is 12.2 Å². The van der Waals surface area contributed by atoms with Crippen molar-refractivity contribution in [3.63, 3.8) is 0 Å². The van der Waals surface area contributed by atoms with Gasteiger partial charge in [-0.05, 0) is 24.8 Å². The van der Waals surface area contributed by atoms with Crippen molar-refractivity contribution in [2.45, 2.75) is 37.3 Å². The normalized spacial score (nSPS) is 24.8. The maximum absolute atomic E-state index is 11.0. The molecule has 128 valence electrons. The molecule has 2 aromatic carbocycles. The molecule has 24 heavy (non-hydrogen) atoms. The van der Waals surface area contributed by atoms with Crippen molar-refractivity contribution in [3.05, 3.63) is 71.8 Å². The van der Waals surface area contributed by atoms with Crippen LogP contribution in [0.4, 0.5) is 0 Å². The lowest BCUT2D eigenvalue weighted by Gasteiger charge is -2.33. The van der Waals surface area contributed by atoms with E-state index < -0.39 is 11.9 Å². The van der Waals surface area contributed by atoms with Gasteiger partial charge in [-0.15, -0.1) is 0 Å². The van der Waals surface area contributed by atoms with Crippen molar-refractivity contribution in [1.29, 1.82) is 0 Å². The molecule has 3 atom stereocenters. The Kier molecular flexibility index (Phi) is 5.63. The highest BCUT2D eigenvalue weighted by molar-refractivity contribution is 5.28. The first-order valence-corrected chi connectivity index (χ1v) is 8.47. The van der Waals surface area contributed by atoms with Gasteiger partial charge in [-0.25, -0.2) is 0 Å². The number of hydrogen-bond acceptors (Lipinski definition) is 4. The Morgan fingerprint density at radius 3 is 2.33 bits per heavy atom. The molecule has 1 heterocycles. The minimum absolute atomic E-state index is 0.0879. The quantitative estimate of drug-likeness (QED) is 0.767. The van der Waals surface area contributed by atoms with E-state index in [1.807, 2.05) is 60.7 Å². The van der Waals surface area contributed by atoms with E-state index in [4.69, 9.17) is 14.6 Å². The Balaban J connectivity index is 1.86. The predicted molar refractivity (Wildman–Crippen MR) is 91.3 cm³/mol. The van der Waals surface area contributed by atoms with Crippen LogP contribution in [0.1, 0.15) is 36.5 Å². The molecule has 1 fully saturated rings. The van der Waals surface area contributed by atoms with Crippen LogP contribution in [0, 0.1) is 0 Å². The van der Waals surface area contributed by atoms with Crippen molar-refractivity contribution in [2.24, 2.45) is 0 Å². The van der Waals surface area contributed by atoms with Crippen LogP contribution in [0.2, 0.25) is 0 Å². The number of ether oxygens (including phenoxy) is 2. The van der Waals surface area contributed by atoms with E-state index in [-0.39, 0.29) is 12.7 Å². The molecule has 0 amide bonds. The molecule has 4 heteroatoms. The molecule has 1 aliphatic rings. The fourth-order valence-electron chi connectivity index (χ4n) is 3.14. The van der Waals surface area contributed by atoms with Crippen LogP contribution in [0.15, 0.2) is 60.7 Å². The standard InChI is InChI=1S/C20H24O4/c21-14-8-7-13-18-15-23-20(24-18,17-11-5-2-6-12-17)19(22)16-9-3-1-4-10-16/h1-6,9-12,18-19,21-22H,7-8,13-15H2. The summed E-state index contributed by atoms with van der Waals surface area (Å²) in [6.45, 7) is 0.619. The Labute approximate surface area is 142 Å². The van der Waals surface area contributed by atoms with Gasteiger partial charge in [-0.3, -0.25) is 0 Å². The smallest absolute Gasteiger partial charge is 0.226 e. The van der Waals surface area contributed by atoms with Crippen molar-refractivity contribution < 1.29 is 19.7 Å². The third-order valence-electron chi connectivity index (χ3n) is 4.41. The molecule has 2 N–H and O–H groups in total. The van der Waals surface area contributed by atoms with Crippen molar-refractivity contribution in [2.75, 3.05) is 13.2 Å². The largest absolute Gasteiger partial charge is 0.396 e. The van der Waals surface area contributed by atoms with Gasteiger partial charge < -0.3 is 19.7 Å². The van der Waals surface area contributed by atoms with E-state index in [9.17, 15) is 5.11 Å². The zero-order chi connectivity index (χ0) is 16.8. The molecular formula is C20H24O4. The molecular weight excluding hydrogens is 304 g/mol. The Bertz CT molecular complexity index is 616. The van der Waals surface area contributed by atoms with Crippen LogP contribution in [0.3, 0.4) is 0 Å². The van der Waals surface area contributed by atoms with Gasteiger partial charge in [0.15, 0.2) is 0 Å². The second kappa shape index (κ2) is 7.90. The topological polar surface area (TPSA) is 58.9 Å². The highest BCUT2D eigenvalue weighted by Gasteiger charge is 2.49. The summed E-state index contributed by atoms with van der Waals surface area (Å²) in [7, 11) is 0. The van der Waals surface area contributed by atoms with Gasteiger partial charge in [0.1, 0.15) is 6.10 Å². The molecule has 0 aliphatic carbocycles. The molecule has 4 nitrogen and oxygen atoms in total.